The Morgan fingerprint density at radius 2 is 1.69 bits per heavy atom. The minimum Gasteiger partial charge on any atom is -0.490 e. The Hall–Kier alpha value is -7.35. The summed E-state index contributed by atoms with van der Waals surface area (Å²) in [4.78, 5) is 78.8. The molecule has 19 nitrogen and oxygen atoms in total. The van der Waals surface area contributed by atoms with Gasteiger partial charge in [0.1, 0.15) is 53.6 Å². The molecule has 4 aliphatic heterocycles. The van der Waals surface area contributed by atoms with Gasteiger partial charge in [0.25, 0.3) is 17.4 Å². The molecule has 1 saturated carbocycles. The predicted octanol–water partition coefficient (Wildman–Crippen LogP) is 4.44. The molecule has 4 amide bonds. The number of aromatic nitrogens is 3. The number of nitrogens with one attached hydrogen (secondary N) is 2. The quantitative estimate of drug-likeness (QED) is 0.156. The van der Waals surface area contributed by atoms with Gasteiger partial charge in [0.15, 0.2) is 11.6 Å². The van der Waals surface area contributed by atoms with Gasteiger partial charge in [-0.1, -0.05) is 0 Å². The number of halogens is 2. The van der Waals surface area contributed by atoms with E-state index in [9.17, 15) is 42.0 Å². The topological polar surface area (TPSA) is 229 Å². The average molecular weight is 977 g/mol. The SMILES string of the molecule is CN(CC1CCN(c2ccc(-n3cnc4ccc(Oc5c(F)ccc(NS(=O)(=O)N6CC[C@@H](F)C6)c5C#N)cc4c3=O)cn2)CC1)C1CC(Oc2ccc3c(c2)C(=O)N([C@@H]2CCC(=O)NC2=O)C3=O)C1. The Labute approximate surface area is 399 Å². The maximum atomic E-state index is 15.2. The first-order valence-electron chi connectivity index (χ1n) is 22.9. The van der Waals surface area contributed by atoms with Crippen LogP contribution in [0.15, 0.2) is 78.0 Å². The fourth-order valence-electron chi connectivity index (χ4n) is 9.75. The van der Waals surface area contributed by atoms with Gasteiger partial charge in [-0.15, -0.1) is 0 Å². The smallest absolute Gasteiger partial charge is 0.301 e. The number of imide groups is 2. The van der Waals surface area contributed by atoms with Gasteiger partial charge in [0.05, 0.1) is 39.6 Å². The third-order valence-corrected chi connectivity index (χ3v) is 15.2. The summed E-state index contributed by atoms with van der Waals surface area (Å²) < 4.78 is 71.3. The van der Waals surface area contributed by atoms with Crippen LogP contribution in [0.1, 0.15) is 71.2 Å². The summed E-state index contributed by atoms with van der Waals surface area (Å²) >= 11 is 0. The van der Waals surface area contributed by atoms with Crippen LogP contribution in [0.5, 0.6) is 17.2 Å². The number of pyridine rings is 1. The maximum Gasteiger partial charge on any atom is 0.301 e. The number of hydrogen-bond acceptors (Lipinski definition) is 14. The van der Waals surface area contributed by atoms with Gasteiger partial charge >= 0.3 is 10.2 Å². The summed E-state index contributed by atoms with van der Waals surface area (Å²) in [5.74, 6) is -2.03. The molecule has 2 atom stereocenters. The van der Waals surface area contributed by atoms with E-state index in [1.165, 1.54) is 29.1 Å². The lowest BCUT2D eigenvalue weighted by Crippen LogP contribution is -2.54. The Balaban J connectivity index is 0.720. The maximum absolute atomic E-state index is 15.2. The van der Waals surface area contributed by atoms with E-state index in [2.05, 4.69) is 36.9 Å². The number of fused-ring (bicyclic) bond motifs is 2. The minimum atomic E-state index is -4.25. The molecule has 0 unspecified atom stereocenters. The first kappa shape index (κ1) is 46.4. The zero-order valence-electron chi connectivity index (χ0n) is 37.7. The monoisotopic (exact) mass is 976 g/mol. The number of ether oxygens (including phenoxy) is 2. The van der Waals surface area contributed by atoms with E-state index in [0.717, 1.165) is 72.5 Å². The molecule has 4 fully saturated rings. The van der Waals surface area contributed by atoms with Crippen molar-refractivity contribution in [2.75, 3.05) is 49.4 Å². The molecule has 1 aliphatic carbocycles. The first-order valence-corrected chi connectivity index (χ1v) is 24.4. The largest absolute Gasteiger partial charge is 0.490 e. The van der Waals surface area contributed by atoms with Crippen LogP contribution >= 0.6 is 0 Å². The molecule has 2 N–H and O–H groups in total. The Morgan fingerprint density at radius 3 is 2.40 bits per heavy atom. The minimum absolute atomic E-state index is 0.0110. The lowest BCUT2D eigenvalue weighted by atomic mass is 9.86. The normalized spacial score (nSPS) is 22.0. The summed E-state index contributed by atoms with van der Waals surface area (Å²) in [6, 6.07) is 15.8. The molecule has 10 rings (SSSR count). The fourth-order valence-corrected chi connectivity index (χ4v) is 11.0. The van der Waals surface area contributed by atoms with Crippen LogP contribution in [0.3, 0.4) is 0 Å². The highest BCUT2D eigenvalue weighted by Crippen LogP contribution is 2.37. The number of hydrogen-bond donors (Lipinski definition) is 2. The van der Waals surface area contributed by atoms with E-state index in [1.54, 1.807) is 36.5 Å². The highest BCUT2D eigenvalue weighted by atomic mass is 32.2. The summed E-state index contributed by atoms with van der Waals surface area (Å²) in [6.45, 7) is 2.11. The molecule has 2 aromatic heterocycles. The number of benzene rings is 3. The van der Waals surface area contributed by atoms with Crippen molar-refractivity contribution in [3.05, 3.63) is 106 Å². The Kier molecular flexibility index (Phi) is 12.3. The van der Waals surface area contributed by atoms with Gasteiger partial charge < -0.3 is 19.3 Å². The molecule has 22 heteroatoms. The number of amides is 4. The fraction of sp³-hybridized carbons (Fsp3) is 0.375. The predicted molar refractivity (Wildman–Crippen MR) is 248 cm³/mol. The van der Waals surface area contributed by atoms with Crippen LogP contribution in [0.4, 0.5) is 20.3 Å². The van der Waals surface area contributed by atoms with E-state index in [4.69, 9.17) is 9.47 Å². The van der Waals surface area contributed by atoms with Gasteiger partial charge in [-0.2, -0.15) is 18.0 Å². The van der Waals surface area contributed by atoms with Crippen LogP contribution in [-0.4, -0.2) is 125 Å². The second-order valence-electron chi connectivity index (χ2n) is 18.2. The molecule has 5 aliphatic rings. The number of carbonyl (C=O) groups excluding carboxylic acids is 4. The number of carbonyl (C=O) groups is 4. The van der Waals surface area contributed by atoms with Gasteiger partial charge in [0.2, 0.25) is 11.8 Å². The van der Waals surface area contributed by atoms with Crippen molar-refractivity contribution in [3.8, 4) is 29.0 Å². The molecule has 6 heterocycles. The first-order chi connectivity index (χ1) is 33.6. The number of rotatable bonds is 13. The molecular formula is C48H46F2N10O9S. The van der Waals surface area contributed by atoms with Gasteiger partial charge in [0, 0.05) is 58.0 Å². The van der Waals surface area contributed by atoms with Gasteiger partial charge in [-0.25, -0.2) is 18.7 Å². The van der Waals surface area contributed by atoms with Crippen molar-refractivity contribution >= 4 is 56.2 Å². The number of alkyl halides is 1. The molecule has 0 radical (unpaired) electrons. The van der Waals surface area contributed by atoms with E-state index in [0.29, 0.717) is 28.9 Å². The van der Waals surface area contributed by atoms with Crippen LogP contribution in [0.2, 0.25) is 0 Å². The third kappa shape index (κ3) is 8.91. The van der Waals surface area contributed by atoms with Crippen molar-refractivity contribution in [2.45, 2.75) is 69.3 Å². The van der Waals surface area contributed by atoms with Crippen molar-refractivity contribution in [1.82, 2.24) is 34.0 Å². The highest BCUT2D eigenvalue weighted by molar-refractivity contribution is 7.90. The van der Waals surface area contributed by atoms with E-state index in [1.807, 2.05) is 6.07 Å². The molecule has 362 valence electrons. The second kappa shape index (κ2) is 18.5. The molecule has 5 aromatic rings. The van der Waals surface area contributed by atoms with Crippen molar-refractivity contribution in [2.24, 2.45) is 5.92 Å². The van der Waals surface area contributed by atoms with Gasteiger partial charge in [-0.05, 0) is 99.3 Å². The van der Waals surface area contributed by atoms with Crippen LogP contribution in [0, 0.1) is 23.1 Å². The van der Waals surface area contributed by atoms with E-state index < -0.39 is 68.7 Å². The van der Waals surface area contributed by atoms with Crippen molar-refractivity contribution in [3.63, 3.8) is 0 Å². The lowest BCUT2D eigenvalue weighted by Gasteiger charge is -2.43. The van der Waals surface area contributed by atoms with Crippen LogP contribution < -0.4 is 30.0 Å². The van der Waals surface area contributed by atoms with E-state index in [-0.39, 0.29) is 66.4 Å². The van der Waals surface area contributed by atoms with Crippen molar-refractivity contribution in [1.29, 1.82) is 5.26 Å². The number of piperidine rings is 2. The van der Waals surface area contributed by atoms with Gasteiger partial charge in [-0.3, -0.25) is 43.5 Å². The molecule has 0 bridgehead atoms. The molecular weight excluding hydrogens is 931 g/mol. The summed E-state index contributed by atoms with van der Waals surface area (Å²) in [5.41, 5.74) is 0.0124. The summed E-state index contributed by atoms with van der Waals surface area (Å²) in [6.07, 6.45) is 5.28. The molecule has 70 heavy (non-hydrogen) atoms. The Bertz CT molecular complexity index is 3170. The summed E-state index contributed by atoms with van der Waals surface area (Å²) in [7, 11) is -2.14. The number of anilines is 2. The molecule has 3 aromatic carbocycles. The highest BCUT2D eigenvalue weighted by Gasteiger charge is 2.45. The number of nitrogens with zero attached hydrogens (tertiary/aromatic N) is 8. The summed E-state index contributed by atoms with van der Waals surface area (Å²) in [5, 5.41) is 12.3. The van der Waals surface area contributed by atoms with Crippen LogP contribution in [0.25, 0.3) is 16.6 Å². The van der Waals surface area contributed by atoms with Crippen molar-refractivity contribution < 1.29 is 45.9 Å². The lowest BCUT2D eigenvalue weighted by molar-refractivity contribution is -0.136. The zero-order valence-corrected chi connectivity index (χ0v) is 38.5. The van der Waals surface area contributed by atoms with E-state index >= 15 is 4.39 Å². The zero-order chi connectivity index (χ0) is 49.0. The Morgan fingerprint density at radius 1 is 0.914 bits per heavy atom. The van der Waals surface area contributed by atoms with Crippen LogP contribution in [-0.2, 0) is 19.8 Å². The standard InChI is InChI=1S/C48H46F2N10O9S/c1-56(30-18-33(19-30)68-31-3-5-34-35(20-31)48(65)60(47(34)64)41-9-11-43(61)54-45(41)62)24-27-12-15-57(16-13-27)42-10-2-29(23-52-42)59-26-53-39-7-4-32(21-36(39)46(59)63)69-44-37(22-51)40(8-6-38(44)50)55-70(66,67)58-17-14-28(49)25-58/h2-8,10,20-21,23,26-28,30,33,41,55H,9,11-19,24-25H2,1H3,(H,54,61,62)/t28-,30?,33?,41-/m1/s1. The second-order valence-corrected chi connectivity index (χ2v) is 19.9. The average Bonchev–Trinajstić information content (AvgIpc) is 3.89. The number of nitriles is 1. The molecule has 3 saturated heterocycles. The molecule has 0 spiro atoms. The third-order valence-electron chi connectivity index (χ3n) is 13.7.